The van der Waals surface area contributed by atoms with Crippen LogP contribution in [0.2, 0.25) is 0 Å². The summed E-state index contributed by atoms with van der Waals surface area (Å²) in [6.45, 7) is 0.201. The van der Waals surface area contributed by atoms with Crippen molar-refractivity contribution in [1.82, 2.24) is 15.6 Å². The summed E-state index contributed by atoms with van der Waals surface area (Å²) in [7, 11) is 0. The molecule has 1 aromatic heterocycles. The fraction of sp³-hybridized carbons (Fsp3) is 0.0833. The van der Waals surface area contributed by atoms with Crippen molar-refractivity contribution in [2.24, 2.45) is 5.10 Å². The van der Waals surface area contributed by atoms with Gasteiger partial charge in [-0.05, 0) is 44.0 Å². The van der Waals surface area contributed by atoms with Gasteiger partial charge < -0.3 is 9.47 Å². The number of carbonyl (C=O) groups is 1. The van der Waals surface area contributed by atoms with Crippen molar-refractivity contribution in [3.05, 3.63) is 38.5 Å². The number of H-pyrrole nitrogens is 1. The second-order valence-electron chi connectivity index (χ2n) is 4.02. The molecule has 0 unspecified atom stereocenters. The number of hydrogen-bond acceptors (Lipinski definition) is 5. The second kappa shape index (κ2) is 5.86. The predicted molar refractivity (Wildman–Crippen MR) is 81.6 cm³/mol. The molecule has 0 aliphatic carbocycles. The van der Waals surface area contributed by atoms with Gasteiger partial charge in [-0.25, -0.2) is 5.43 Å². The number of ether oxygens (including phenoxy) is 2. The number of amides is 1. The number of hydrazone groups is 1. The molecular weight excluding hydrogens is 408 g/mol. The Morgan fingerprint density at radius 3 is 2.81 bits per heavy atom. The third-order valence-electron chi connectivity index (χ3n) is 2.68. The molecule has 9 heteroatoms. The van der Waals surface area contributed by atoms with E-state index >= 15 is 0 Å². The van der Waals surface area contributed by atoms with Crippen molar-refractivity contribution < 1.29 is 14.3 Å². The van der Waals surface area contributed by atoms with Gasteiger partial charge in [0.05, 0.1) is 16.9 Å². The summed E-state index contributed by atoms with van der Waals surface area (Å²) >= 11 is 6.61. The molecule has 0 spiro atoms. The van der Waals surface area contributed by atoms with E-state index < -0.39 is 5.91 Å². The molecule has 0 radical (unpaired) electrons. The highest BCUT2D eigenvalue weighted by atomic mass is 79.9. The lowest BCUT2D eigenvalue weighted by Gasteiger charge is -2.01. The SMILES string of the molecule is O=C(N/N=C\c1cc2c(cc1Br)OCO2)c1[nH]ncc1Br. The Bertz CT molecular complexity index is 729. The van der Waals surface area contributed by atoms with E-state index in [1.807, 2.05) is 0 Å². The van der Waals surface area contributed by atoms with Crippen LogP contribution in [0.1, 0.15) is 16.1 Å². The van der Waals surface area contributed by atoms with E-state index in [9.17, 15) is 4.79 Å². The number of aromatic nitrogens is 2. The van der Waals surface area contributed by atoms with Gasteiger partial charge in [0.2, 0.25) is 6.79 Å². The van der Waals surface area contributed by atoms with Gasteiger partial charge in [-0.3, -0.25) is 9.89 Å². The first-order valence-electron chi connectivity index (χ1n) is 5.76. The summed E-state index contributed by atoms with van der Waals surface area (Å²) in [6, 6.07) is 3.56. The van der Waals surface area contributed by atoms with Crippen LogP contribution >= 0.6 is 31.9 Å². The molecule has 0 fully saturated rings. The minimum atomic E-state index is -0.396. The molecule has 0 atom stereocenters. The zero-order valence-corrected chi connectivity index (χ0v) is 13.6. The van der Waals surface area contributed by atoms with Crippen LogP contribution in [0.3, 0.4) is 0 Å². The van der Waals surface area contributed by atoms with Crippen LogP contribution in [0.25, 0.3) is 0 Å². The van der Waals surface area contributed by atoms with Gasteiger partial charge in [-0.2, -0.15) is 10.2 Å². The third kappa shape index (κ3) is 2.93. The Kier molecular flexibility index (Phi) is 3.93. The van der Waals surface area contributed by atoms with E-state index in [1.54, 1.807) is 12.1 Å². The molecule has 108 valence electrons. The van der Waals surface area contributed by atoms with E-state index in [0.717, 1.165) is 10.0 Å². The molecule has 0 saturated heterocycles. The van der Waals surface area contributed by atoms with Gasteiger partial charge in [0.1, 0.15) is 5.69 Å². The average Bonchev–Trinajstić information content (AvgIpc) is 3.07. The topological polar surface area (TPSA) is 88.6 Å². The van der Waals surface area contributed by atoms with Gasteiger partial charge >= 0.3 is 0 Å². The maximum atomic E-state index is 11.8. The molecule has 2 aromatic rings. The van der Waals surface area contributed by atoms with Gasteiger partial charge in [0.25, 0.3) is 5.91 Å². The van der Waals surface area contributed by atoms with Gasteiger partial charge in [-0.1, -0.05) is 0 Å². The van der Waals surface area contributed by atoms with Crippen molar-refractivity contribution in [2.45, 2.75) is 0 Å². The molecule has 1 amide bonds. The molecule has 7 nitrogen and oxygen atoms in total. The molecule has 1 aliphatic heterocycles. The highest BCUT2D eigenvalue weighted by Gasteiger charge is 2.15. The molecule has 0 saturated carbocycles. The van der Waals surface area contributed by atoms with Gasteiger partial charge in [-0.15, -0.1) is 0 Å². The van der Waals surface area contributed by atoms with Gasteiger partial charge in [0, 0.05) is 10.0 Å². The summed E-state index contributed by atoms with van der Waals surface area (Å²) in [5, 5.41) is 10.2. The minimum absolute atomic E-state index is 0.201. The standard InChI is InChI=1S/C12H8Br2N4O3/c13-7-2-10-9(20-5-21-10)1-6(7)3-15-18-12(19)11-8(14)4-16-17-11/h1-4H,5H2,(H,16,17)(H,18,19)/b15-3-. The Morgan fingerprint density at radius 1 is 1.33 bits per heavy atom. The molecule has 2 heterocycles. The summed E-state index contributed by atoms with van der Waals surface area (Å²) in [5.74, 6) is 0.916. The van der Waals surface area contributed by atoms with Crippen LogP contribution in [0, 0.1) is 0 Å². The summed E-state index contributed by atoms with van der Waals surface area (Å²) in [6.07, 6.45) is 3.00. The van der Waals surface area contributed by atoms with Crippen LogP contribution in [-0.2, 0) is 0 Å². The number of nitrogens with zero attached hydrogens (tertiary/aromatic N) is 2. The Balaban J connectivity index is 1.72. The second-order valence-corrected chi connectivity index (χ2v) is 5.73. The van der Waals surface area contributed by atoms with Crippen LogP contribution < -0.4 is 14.9 Å². The Labute approximate surface area is 136 Å². The van der Waals surface area contributed by atoms with E-state index in [0.29, 0.717) is 21.7 Å². The number of hydrogen-bond donors (Lipinski definition) is 2. The van der Waals surface area contributed by atoms with E-state index in [-0.39, 0.29) is 6.79 Å². The zero-order chi connectivity index (χ0) is 14.8. The first kappa shape index (κ1) is 14.1. The first-order chi connectivity index (χ1) is 10.1. The molecule has 2 N–H and O–H groups in total. The lowest BCUT2D eigenvalue weighted by Crippen LogP contribution is -2.18. The molecule has 21 heavy (non-hydrogen) atoms. The molecule has 1 aromatic carbocycles. The smallest absolute Gasteiger partial charge is 0.290 e. The quantitative estimate of drug-likeness (QED) is 0.595. The molecular formula is C12H8Br2N4O3. The summed E-state index contributed by atoms with van der Waals surface area (Å²) in [4.78, 5) is 11.8. The predicted octanol–water partition coefficient (Wildman–Crippen LogP) is 2.43. The molecule has 3 rings (SSSR count). The van der Waals surface area contributed by atoms with E-state index in [4.69, 9.17) is 9.47 Å². The van der Waals surface area contributed by atoms with Crippen molar-refractivity contribution in [3.63, 3.8) is 0 Å². The van der Waals surface area contributed by atoms with Crippen LogP contribution in [0.5, 0.6) is 11.5 Å². The number of aromatic amines is 1. The van der Waals surface area contributed by atoms with Crippen molar-refractivity contribution in [2.75, 3.05) is 6.79 Å². The number of rotatable bonds is 3. The van der Waals surface area contributed by atoms with Crippen LogP contribution in [-0.4, -0.2) is 29.1 Å². The lowest BCUT2D eigenvalue weighted by atomic mass is 10.2. The monoisotopic (exact) mass is 414 g/mol. The minimum Gasteiger partial charge on any atom is -0.454 e. The lowest BCUT2D eigenvalue weighted by molar-refractivity contribution is 0.0949. The normalized spacial score (nSPS) is 12.9. The fourth-order valence-corrected chi connectivity index (χ4v) is 2.47. The summed E-state index contributed by atoms with van der Waals surface area (Å²) < 4.78 is 11.9. The number of nitrogens with one attached hydrogen (secondary N) is 2. The van der Waals surface area contributed by atoms with Crippen molar-refractivity contribution in [3.8, 4) is 11.5 Å². The van der Waals surface area contributed by atoms with Crippen LogP contribution in [0.4, 0.5) is 0 Å². The number of fused-ring (bicyclic) bond motifs is 1. The Morgan fingerprint density at radius 2 is 2.10 bits per heavy atom. The maximum Gasteiger partial charge on any atom is 0.290 e. The third-order valence-corrected chi connectivity index (χ3v) is 3.97. The molecule has 1 aliphatic rings. The first-order valence-corrected chi connectivity index (χ1v) is 7.35. The zero-order valence-electron chi connectivity index (χ0n) is 10.4. The molecule has 0 bridgehead atoms. The van der Waals surface area contributed by atoms with Crippen LogP contribution in [0.15, 0.2) is 32.4 Å². The summed E-state index contributed by atoms with van der Waals surface area (Å²) in [5.41, 5.74) is 3.46. The Hall–Kier alpha value is -1.87. The fourth-order valence-electron chi connectivity index (χ4n) is 1.68. The maximum absolute atomic E-state index is 11.8. The largest absolute Gasteiger partial charge is 0.454 e. The number of halogens is 2. The van der Waals surface area contributed by atoms with E-state index in [2.05, 4.69) is 52.6 Å². The van der Waals surface area contributed by atoms with Crippen molar-refractivity contribution in [1.29, 1.82) is 0 Å². The number of benzene rings is 1. The average molecular weight is 416 g/mol. The van der Waals surface area contributed by atoms with Gasteiger partial charge in [0.15, 0.2) is 11.5 Å². The highest BCUT2D eigenvalue weighted by molar-refractivity contribution is 9.10. The highest BCUT2D eigenvalue weighted by Crippen LogP contribution is 2.36. The van der Waals surface area contributed by atoms with E-state index in [1.165, 1.54) is 12.4 Å². The van der Waals surface area contributed by atoms with Crippen molar-refractivity contribution >= 4 is 44.0 Å². The number of carbonyl (C=O) groups excluding carboxylic acids is 1.